The van der Waals surface area contributed by atoms with Crippen molar-refractivity contribution >= 4 is 29.3 Å². The molecule has 36 heavy (non-hydrogen) atoms. The number of halogens is 1. The molecule has 8 heteroatoms. The van der Waals surface area contributed by atoms with Gasteiger partial charge in [0.05, 0.1) is 12.8 Å². The quantitative estimate of drug-likeness (QED) is 0.513. The maximum atomic E-state index is 13.8. The first-order valence-electron chi connectivity index (χ1n) is 12.0. The molecule has 2 amide bonds. The second-order valence-corrected chi connectivity index (χ2v) is 9.93. The number of hydrogen-bond donors (Lipinski definition) is 0. The van der Waals surface area contributed by atoms with Gasteiger partial charge in [0.15, 0.2) is 0 Å². The fourth-order valence-electron chi connectivity index (χ4n) is 4.83. The van der Waals surface area contributed by atoms with Crippen LogP contribution in [0.1, 0.15) is 21.3 Å². The molecule has 0 aliphatic carbocycles. The second kappa shape index (κ2) is 10.6. The summed E-state index contributed by atoms with van der Waals surface area (Å²) in [5.41, 5.74) is 2.36. The maximum absolute atomic E-state index is 13.8. The maximum Gasteiger partial charge on any atom is 0.255 e. The number of benzene rings is 3. The Morgan fingerprint density at radius 3 is 2.25 bits per heavy atom. The van der Waals surface area contributed by atoms with Gasteiger partial charge in [-0.3, -0.25) is 9.59 Å². The van der Waals surface area contributed by atoms with Crippen molar-refractivity contribution in [2.24, 2.45) is 0 Å². The Kier molecular flexibility index (Phi) is 7.13. The average Bonchev–Trinajstić information content (AvgIpc) is 3.38. The van der Waals surface area contributed by atoms with Crippen LogP contribution in [-0.2, 0) is 4.79 Å². The molecule has 0 radical (unpaired) electrons. The molecular formula is C28H28FN3O3S. The molecule has 186 valence electrons. The molecule has 0 aromatic heterocycles. The first-order valence-corrected chi connectivity index (χ1v) is 13.0. The molecule has 3 aromatic rings. The Balaban J connectivity index is 1.36. The summed E-state index contributed by atoms with van der Waals surface area (Å²) in [6, 6.07) is 22.5. The van der Waals surface area contributed by atoms with Gasteiger partial charge >= 0.3 is 0 Å². The topological polar surface area (TPSA) is 53.1 Å². The van der Waals surface area contributed by atoms with Crippen molar-refractivity contribution in [3.63, 3.8) is 0 Å². The van der Waals surface area contributed by atoms with Crippen molar-refractivity contribution in [1.82, 2.24) is 9.80 Å². The van der Waals surface area contributed by atoms with Gasteiger partial charge in [-0.05, 0) is 42.0 Å². The predicted molar refractivity (Wildman–Crippen MR) is 140 cm³/mol. The molecule has 5 rings (SSSR count). The summed E-state index contributed by atoms with van der Waals surface area (Å²) >= 11 is 1.54. The van der Waals surface area contributed by atoms with E-state index in [1.54, 1.807) is 48.0 Å². The van der Waals surface area contributed by atoms with Crippen molar-refractivity contribution in [2.45, 2.75) is 11.4 Å². The van der Waals surface area contributed by atoms with Gasteiger partial charge in [-0.15, -0.1) is 11.8 Å². The van der Waals surface area contributed by atoms with Gasteiger partial charge < -0.3 is 19.4 Å². The van der Waals surface area contributed by atoms with E-state index < -0.39 is 6.04 Å². The van der Waals surface area contributed by atoms with Crippen LogP contribution in [0.3, 0.4) is 0 Å². The monoisotopic (exact) mass is 505 g/mol. The standard InChI is InChI=1S/C28H28FN3O3S/c1-35-25-10-6-5-9-23(25)30-15-17-31(18-16-30)27(34)24-19-36-28(21-11-13-22(29)14-12-21)32(24)26(33)20-7-3-2-4-8-20/h2-14,24,28H,15-19H2,1H3. The Morgan fingerprint density at radius 2 is 1.56 bits per heavy atom. The van der Waals surface area contributed by atoms with E-state index in [0.29, 0.717) is 37.5 Å². The molecule has 2 saturated heterocycles. The lowest BCUT2D eigenvalue weighted by Crippen LogP contribution is -2.55. The second-order valence-electron chi connectivity index (χ2n) is 8.82. The van der Waals surface area contributed by atoms with Gasteiger partial charge in [0.25, 0.3) is 5.91 Å². The number of thioether (sulfide) groups is 1. The zero-order chi connectivity index (χ0) is 25.1. The van der Waals surface area contributed by atoms with Gasteiger partial charge in [0.1, 0.15) is 23.0 Å². The zero-order valence-electron chi connectivity index (χ0n) is 20.0. The number of methoxy groups -OCH3 is 1. The number of anilines is 1. The third-order valence-corrected chi connectivity index (χ3v) is 8.04. The predicted octanol–water partition coefficient (Wildman–Crippen LogP) is 4.44. The number of amides is 2. The number of nitrogens with zero attached hydrogens (tertiary/aromatic N) is 3. The van der Waals surface area contributed by atoms with Gasteiger partial charge in [0, 0.05) is 37.5 Å². The van der Waals surface area contributed by atoms with E-state index in [1.807, 2.05) is 47.4 Å². The smallest absolute Gasteiger partial charge is 0.255 e. The summed E-state index contributed by atoms with van der Waals surface area (Å²) in [5, 5.41) is -0.359. The lowest BCUT2D eigenvalue weighted by Gasteiger charge is -2.39. The van der Waals surface area contributed by atoms with E-state index in [0.717, 1.165) is 17.0 Å². The molecule has 0 saturated carbocycles. The van der Waals surface area contributed by atoms with Crippen LogP contribution in [0.25, 0.3) is 0 Å². The van der Waals surface area contributed by atoms with Crippen molar-refractivity contribution < 1.29 is 18.7 Å². The van der Waals surface area contributed by atoms with E-state index in [1.165, 1.54) is 12.1 Å². The Labute approximate surface area is 214 Å². The highest BCUT2D eigenvalue weighted by Gasteiger charge is 2.44. The number of rotatable bonds is 5. The first-order chi connectivity index (χ1) is 17.6. The first kappa shape index (κ1) is 24.2. The molecule has 0 spiro atoms. The summed E-state index contributed by atoms with van der Waals surface area (Å²) < 4.78 is 19.1. The van der Waals surface area contributed by atoms with Crippen molar-refractivity contribution in [2.75, 3.05) is 43.9 Å². The lowest BCUT2D eigenvalue weighted by molar-refractivity contribution is -0.135. The van der Waals surface area contributed by atoms with Crippen LogP contribution < -0.4 is 9.64 Å². The summed E-state index contributed by atoms with van der Waals surface area (Å²) in [6.45, 7) is 2.49. The van der Waals surface area contributed by atoms with Gasteiger partial charge in [0.2, 0.25) is 5.91 Å². The highest BCUT2D eigenvalue weighted by atomic mass is 32.2. The summed E-state index contributed by atoms with van der Waals surface area (Å²) in [5.74, 6) is 0.734. The van der Waals surface area contributed by atoms with Gasteiger partial charge in [-0.1, -0.05) is 42.5 Å². The SMILES string of the molecule is COc1ccccc1N1CCN(C(=O)C2CSC(c3ccc(F)cc3)N2C(=O)c2ccccc2)CC1. The highest BCUT2D eigenvalue weighted by Crippen LogP contribution is 2.43. The summed E-state index contributed by atoms with van der Waals surface area (Å²) in [7, 11) is 1.66. The molecule has 0 N–H and O–H groups in total. The fraction of sp³-hybridized carbons (Fsp3) is 0.286. The summed E-state index contributed by atoms with van der Waals surface area (Å²) in [6.07, 6.45) is 0. The normalized spacial score (nSPS) is 19.9. The van der Waals surface area contributed by atoms with Crippen molar-refractivity contribution in [3.05, 3.63) is 95.8 Å². The van der Waals surface area contributed by atoms with E-state index in [2.05, 4.69) is 4.90 Å². The fourth-order valence-corrected chi connectivity index (χ4v) is 6.25. The zero-order valence-corrected chi connectivity index (χ0v) is 20.9. The van der Waals surface area contributed by atoms with Gasteiger partial charge in [-0.2, -0.15) is 0 Å². The number of carbonyl (C=O) groups excluding carboxylic acids is 2. The number of ether oxygens (including phenoxy) is 1. The molecule has 2 atom stereocenters. The third-order valence-electron chi connectivity index (χ3n) is 6.71. The molecule has 2 aliphatic heterocycles. The molecule has 2 heterocycles. The molecule has 2 aliphatic rings. The Hall–Kier alpha value is -3.52. The molecule has 2 unspecified atom stereocenters. The minimum Gasteiger partial charge on any atom is -0.495 e. The van der Waals surface area contributed by atoms with Crippen LogP contribution >= 0.6 is 11.8 Å². The van der Waals surface area contributed by atoms with Crippen LogP contribution in [0.4, 0.5) is 10.1 Å². The molecular weight excluding hydrogens is 477 g/mol. The van der Waals surface area contributed by atoms with E-state index in [9.17, 15) is 14.0 Å². The number of para-hydroxylation sites is 2. The Bertz CT molecular complexity index is 1220. The van der Waals surface area contributed by atoms with Crippen LogP contribution in [0.5, 0.6) is 5.75 Å². The molecule has 6 nitrogen and oxygen atoms in total. The molecule has 3 aromatic carbocycles. The number of hydrogen-bond acceptors (Lipinski definition) is 5. The van der Waals surface area contributed by atoms with Gasteiger partial charge in [-0.25, -0.2) is 4.39 Å². The number of piperazine rings is 1. The largest absolute Gasteiger partial charge is 0.495 e. The van der Waals surface area contributed by atoms with Crippen molar-refractivity contribution in [3.8, 4) is 5.75 Å². The van der Waals surface area contributed by atoms with E-state index in [-0.39, 0.29) is 23.0 Å². The summed E-state index contributed by atoms with van der Waals surface area (Å²) in [4.78, 5) is 33.2. The lowest BCUT2D eigenvalue weighted by atomic mass is 10.1. The molecule has 2 fully saturated rings. The van der Waals surface area contributed by atoms with Crippen LogP contribution in [0.15, 0.2) is 78.9 Å². The minimum absolute atomic E-state index is 0.0453. The van der Waals surface area contributed by atoms with Crippen LogP contribution in [0, 0.1) is 5.82 Å². The third kappa shape index (κ3) is 4.78. The highest BCUT2D eigenvalue weighted by molar-refractivity contribution is 7.99. The average molecular weight is 506 g/mol. The van der Waals surface area contributed by atoms with Crippen molar-refractivity contribution in [1.29, 1.82) is 0 Å². The van der Waals surface area contributed by atoms with E-state index >= 15 is 0 Å². The van der Waals surface area contributed by atoms with Crippen LogP contribution in [-0.4, -0.2) is 66.7 Å². The minimum atomic E-state index is -0.587. The van der Waals surface area contributed by atoms with Crippen LogP contribution in [0.2, 0.25) is 0 Å². The molecule has 0 bridgehead atoms. The number of carbonyl (C=O) groups is 2. The van der Waals surface area contributed by atoms with E-state index in [4.69, 9.17) is 4.74 Å². The Morgan fingerprint density at radius 1 is 0.889 bits per heavy atom.